The summed E-state index contributed by atoms with van der Waals surface area (Å²) in [4.78, 5) is 14.7. The van der Waals surface area contributed by atoms with E-state index in [1.54, 1.807) is 7.05 Å². The molecule has 0 bridgehead atoms. The number of nitrogens with zero attached hydrogens (tertiary/aromatic N) is 1. The maximum atomic E-state index is 12.3. The molecule has 0 radical (unpaired) electrons. The Hall–Kier alpha value is -1.39. The standard InChI is InChI=1S/C18H27N3O/c1-12(2)20-15-10-17(18(22)19-3)21(11-15)16-8-13-6-4-5-7-14(13)9-16/h4-7,12,15-17,20H,8-11H2,1-3H3,(H,19,22)/t15-,17-/m0/s1. The maximum Gasteiger partial charge on any atom is 0.237 e. The SMILES string of the molecule is CNC(=O)[C@@H]1C[C@H](NC(C)C)CN1C1Cc2ccccc2C1. The molecule has 2 aliphatic rings. The number of carbonyl (C=O) groups is 1. The molecule has 0 spiro atoms. The van der Waals surface area contributed by atoms with Crippen molar-refractivity contribution < 1.29 is 4.79 Å². The summed E-state index contributed by atoms with van der Waals surface area (Å²) in [5.74, 6) is 0.156. The summed E-state index contributed by atoms with van der Waals surface area (Å²) in [5.41, 5.74) is 2.90. The number of nitrogens with one attached hydrogen (secondary N) is 2. The fourth-order valence-electron chi connectivity index (χ4n) is 4.05. The third kappa shape index (κ3) is 3.03. The Balaban J connectivity index is 1.74. The second-order valence-corrected chi connectivity index (χ2v) is 6.91. The van der Waals surface area contributed by atoms with Gasteiger partial charge in [-0.3, -0.25) is 9.69 Å². The van der Waals surface area contributed by atoms with Crippen LogP contribution in [-0.4, -0.2) is 48.6 Å². The van der Waals surface area contributed by atoms with Gasteiger partial charge in [0.1, 0.15) is 0 Å². The third-order valence-corrected chi connectivity index (χ3v) is 4.96. The molecule has 22 heavy (non-hydrogen) atoms. The molecule has 0 aromatic heterocycles. The summed E-state index contributed by atoms with van der Waals surface area (Å²) in [5, 5.41) is 6.45. The Kier molecular flexibility index (Phi) is 4.50. The predicted molar refractivity (Wildman–Crippen MR) is 88.9 cm³/mol. The van der Waals surface area contributed by atoms with Crippen LogP contribution in [0, 0.1) is 0 Å². The van der Waals surface area contributed by atoms with Crippen molar-refractivity contribution in [3.8, 4) is 0 Å². The van der Waals surface area contributed by atoms with Gasteiger partial charge in [-0.25, -0.2) is 0 Å². The van der Waals surface area contributed by atoms with E-state index in [9.17, 15) is 4.79 Å². The molecule has 1 saturated heterocycles. The Morgan fingerprint density at radius 1 is 1.23 bits per heavy atom. The van der Waals surface area contributed by atoms with Gasteiger partial charge in [-0.2, -0.15) is 0 Å². The normalized spacial score (nSPS) is 25.6. The molecule has 120 valence electrons. The molecule has 4 nitrogen and oxygen atoms in total. The first-order chi connectivity index (χ1) is 10.6. The average Bonchev–Trinajstić information content (AvgIpc) is 3.09. The van der Waals surface area contributed by atoms with Gasteiger partial charge in [0.2, 0.25) is 5.91 Å². The first kappa shape index (κ1) is 15.5. The van der Waals surface area contributed by atoms with Crippen molar-refractivity contribution in [1.82, 2.24) is 15.5 Å². The molecule has 1 aliphatic heterocycles. The van der Waals surface area contributed by atoms with Gasteiger partial charge in [-0.15, -0.1) is 0 Å². The summed E-state index contributed by atoms with van der Waals surface area (Å²) in [7, 11) is 1.74. The second kappa shape index (κ2) is 6.39. The van der Waals surface area contributed by atoms with Crippen LogP contribution in [0.4, 0.5) is 0 Å². The monoisotopic (exact) mass is 301 g/mol. The molecule has 4 heteroatoms. The van der Waals surface area contributed by atoms with Crippen molar-refractivity contribution in [2.45, 2.75) is 57.3 Å². The van der Waals surface area contributed by atoms with Crippen LogP contribution in [0.25, 0.3) is 0 Å². The molecule has 1 amide bonds. The maximum absolute atomic E-state index is 12.3. The number of carbonyl (C=O) groups excluding carboxylic acids is 1. The van der Waals surface area contributed by atoms with Crippen LogP contribution in [0.2, 0.25) is 0 Å². The fourth-order valence-corrected chi connectivity index (χ4v) is 4.05. The number of rotatable bonds is 4. The number of likely N-dealkylation sites (N-methyl/N-ethyl adjacent to an activating group) is 1. The van der Waals surface area contributed by atoms with Gasteiger partial charge in [0, 0.05) is 31.7 Å². The molecular weight excluding hydrogens is 274 g/mol. The van der Waals surface area contributed by atoms with Crippen molar-refractivity contribution in [2.24, 2.45) is 0 Å². The summed E-state index contributed by atoms with van der Waals surface area (Å²) >= 11 is 0. The van der Waals surface area contributed by atoms with E-state index in [0.717, 1.165) is 25.8 Å². The minimum absolute atomic E-state index is 0.000521. The molecular formula is C18H27N3O. The molecule has 1 aromatic carbocycles. The zero-order valence-electron chi connectivity index (χ0n) is 13.8. The molecule has 0 saturated carbocycles. The smallest absolute Gasteiger partial charge is 0.237 e. The molecule has 2 N–H and O–H groups in total. The summed E-state index contributed by atoms with van der Waals surface area (Å²) in [6.45, 7) is 5.31. The van der Waals surface area contributed by atoms with Crippen LogP contribution >= 0.6 is 0 Å². The van der Waals surface area contributed by atoms with E-state index in [-0.39, 0.29) is 11.9 Å². The van der Waals surface area contributed by atoms with Crippen molar-refractivity contribution in [3.63, 3.8) is 0 Å². The summed E-state index contributed by atoms with van der Waals surface area (Å²) < 4.78 is 0. The number of amides is 1. The Morgan fingerprint density at radius 2 is 1.86 bits per heavy atom. The number of likely N-dealkylation sites (tertiary alicyclic amines) is 1. The van der Waals surface area contributed by atoms with Crippen LogP contribution in [-0.2, 0) is 17.6 Å². The van der Waals surface area contributed by atoms with Crippen LogP contribution in [0.5, 0.6) is 0 Å². The quantitative estimate of drug-likeness (QED) is 0.882. The third-order valence-electron chi connectivity index (χ3n) is 4.96. The molecule has 1 aromatic rings. The first-order valence-electron chi connectivity index (χ1n) is 8.38. The molecule has 1 fully saturated rings. The van der Waals surface area contributed by atoms with Crippen LogP contribution in [0.15, 0.2) is 24.3 Å². The lowest BCUT2D eigenvalue weighted by molar-refractivity contribution is -0.125. The van der Waals surface area contributed by atoms with E-state index in [4.69, 9.17) is 0 Å². The minimum atomic E-state index is 0.000521. The van der Waals surface area contributed by atoms with Gasteiger partial charge in [-0.1, -0.05) is 38.1 Å². The number of hydrogen-bond donors (Lipinski definition) is 2. The first-order valence-corrected chi connectivity index (χ1v) is 8.38. The highest BCUT2D eigenvalue weighted by Gasteiger charge is 2.41. The average molecular weight is 301 g/mol. The van der Waals surface area contributed by atoms with E-state index < -0.39 is 0 Å². The molecule has 3 rings (SSSR count). The van der Waals surface area contributed by atoms with E-state index in [1.165, 1.54) is 11.1 Å². The highest BCUT2D eigenvalue weighted by atomic mass is 16.2. The lowest BCUT2D eigenvalue weighted by atomic mass is 10.1. The van der Waals surface area contributed by atoms with Crippen LogP contribution < -0.4 is 10.6 Å². The lowest BCUT2D eigenvalue weighted by Gasteiger charge is -2.29. The van der Waals surface area contributed by atoms with Gasteiger partial charge in [0.05, 0.1) is 6.04 Å². The number of hydrogen-bond acceptors (Lipinski definition) is 3. The molecule has 1 heterocycles. The van der Waals surface area contributed by atoms with Crippen molar-refractivity contribution >= 4 is 5.91 Å². The lowest BCUT2D eigenvalue weighted by Crippen LogP contribution is -2.47. The Labute approximate surface area is 133 Å². The van der Waals surface area contributed by atoms with Gasteiger partial charge in [0.25, 0.3) is 0 Å². The van der Waals surface area contributed by atoms with Gasteiger partial charge >= 0.3 is 0 Å². The predicted octanol–water partition coefficient (Wildman–Crippen LogP) is 1.34. The number of fused-ring (bicyclic) bond motifs is 1. The Bertz CT molecular complexity index is 518. The van der Waals surface area contributed by atoms with Crippen molar-refractivity contribution in [2.75, 3.05) is 13.6 Å². The van der Waals surface area contributed by atoms with Gasteiger partial charge < -0.3 is 10.6 Å². The number of benzene rings is 1. The van der Waals surface area contributed by atoms with E-state index in [2.05, 4.69) is 53.6 Å². The van der Waals surface area contributed by atoms with Crippen LogP contribution in [0.1, 0.15) is 31.4 Å². The largest absolute Gasteiger partial charge is 0.358 e. The van der Waals surface area contributed by atoms with Gasteiger partial charge in [-0.05, 0) is 30.4 Å². The van der Waals surface area contributed by atoms with E-state index >= 15 is 0 Å². The molecule has 1 aliphatic carbocycles. The highest BCUT2D eigenvalue weighted by Crippen LogP contribution is 2.30. The van der Waals surface area contributed by atoms with Crippen molar-refractivity contribution in [1.29, 1.82) is 0 Å². The summed E-state index contributed by atoms with van der Waals surface area (Å²) in [6, 6.07) is 10.0. The Morgan fingerprint density at radius 3 is 2.41 bits per heavy atom. The zero-order valence-corrected chi connectivity index (χ0v) is 13.8. The topological polar surface area (TPSA) is 44.4 Å². The summed E-state index contributed by atoms with van der Waals surface area (Å²) in [6.07, 6.45) is 3.04. The molecule has 2 atom stereocenters. The van der Waals surface area contributed by atoms with Crippen LogP contribution in [0.3, 0.4) is 0 Å². The second-order valence-electron chi connectivity index (χ2n) is 6.91. The molecule has 0 unspecified atom stereocenters. The van der Waals surface area contributed by atoms with Gasteiger partial charge in [0.15, 0.2) is 0 Å². The van der Waals surface area contributed by atoms with E-state index in [0.29, 0.717) is 18.1 Å². The highest BCUT2D eigenvalue weighted by molar-refractivity contribution is 5.82. The fraction of sp³-hybridized carbons (Fsp3) is 0.611. The minimum Gasteiger partial charge on any atom is -0.358 e. The van der Waals surface area contributed by atoms with Crippen molar-refractivity contribution in [3.05, 3.63) is 35.4 Å². The van der Waals surface area contributed by atoms with E-state index in [1.807, 2.05) is 0 Å². The zero-order chi connectivity index (χ0) is 15.7.